The third-order valence-corrected chi connectivity index (χ3v) is 3.98. The SMILES string of the molecule is CC1CCC1COc1ccccc1I. The molecule has 0 aromatic heterocycles. The summed E-state index contributed by atoms with van der Waals surface area (Å²) in [6.07, 6.45) is 2.71. The highest BCUT2D eigenvalue weighted by atomic mass is 127. The smallest absolute Gasteiger partial charge is 0.132 e. The molecule has 0 N–H and O–H groups in total. The predicted molar refractivity (Wildman–Crippen MR) is 66.5 cm³/mol. The standard InChI is InChI=1S/C12H15IO/c1-9-6-7-10(9)8-14-12-5-3-2-4-11(12)13/h2-5,9-10H,6-8H2,1H3. The molecule has 0 bridgehead atoms. The van der Waals surface area contributed by atoms with Crippen molar-refractivity contribution in [2.45, 2.75) is 19.8 Å². The van der Waals surface area contributed by atoms with Crippen molar-refractivity contribution in [1.29, 1.82) is 0 Å². The summed E-state index contributed by atoms with van der Waals surface area (Å²) in [6.45, 7) is 3.20. The monoisotopic (exact) mass is 302 g/mol. The lowest BCUT2D eigenvalue weighted by molar-refractivity contribution is 0.116. The molecule has 0 spiro atoms. The van der Waals surface area contributed by atoms with Crippen LogP contribution in [0.2, 0.25) is 0 Å². The number of hydrogen-bond acceptors (Lipinski definition) is 1. The number of hydrogen-bond donors (Lipinski definition) is 0. The molecule has 0 heterocycles. The van der Waals surface area contributed by atoms with Gasteiger partial charge in [-0.1, -0.05) is 19.1 Å². The van der Waals surface area contributed by atoms with Gasteiger partial charge in [-0.05, 0) is 59.4 Å². The number of halogens is 1. The Morgan fingerprint density at radius 1 is 1.36 bits per heavy atom. The summed E-state index contributed by atoms with van der Waals surface area (Å²) in [4.78, 5) is 0. The third kappa shape index (κ3) is 2.22. The molecule has 2 atom stereocenters. The zero-order chi connectivity index (χ0) is 9.97. The molecule has 0 saturated heterocycles. The van der Waals surface area contributed by atoms with Crippen molar-refractivity contribution in [3.63, 3.8) is 0 Å². The van der Waals surface area contributed by atoms with Gasteiger partial charge in [0.25, 0.3) is 0 Å². The second kappa shape index (κ2) is 4.51. The largest absolute Gasteiger partial charge is 0.492 e. The Labute approximate surface area is 99.0 Å². The van der Waals surface area contributed by atoms with Gasteiger partial charge in [0, 0.05) is 0 Å². The minimum atomic E-state index is 0.783. The van der Waals surface area contributed by atoms with Crippen LogP contribution in [-0.2, 0) is 0 Å². The molecule has 2 unspecified atom stereocenters. The van der Waals surface area contributed by atoms with Crippen molar-refractivity contribution in [1.82, 2.24) is 0 Å². The van der Waals surface area contributed by atoms with Gasteiger partial charge in [0.05, 0.1) is 10.2 Å². The summed E-state index contributed by atoms with van der Waals surface area (Å²) in [6, 6.07) is 8.20. The van der Waals surface area contributed by atoms with Crippen LogP contribution < -0.4 is 4.74 Å². The van der Waals surface area contributed by atoms with E-state index in [2.05, 4.69) is 35.6 Å². The number of ether oxygens (including phenoxy) is 1. The van der Waals surface area contributed by atoms with Crippen LogP contribution >= 0.6 is 22.6 Å². The fraction of sp³-hybridized carbons (Fsp3) is 0.500. The average Bonchev–Trinajstić information content (AvgIpc) is 2.19. The van der Waals surface area contributed by atoms with E-state index in [4.69, 9.17) is 4.74 Å². The van der Waals surface area contributed by atoms with Crippen LogP contribution in [0.4, 0.5) is 0 Å². The first-order chi connectivity index (χ1) is 6.77. The zero-order valence-electron chi connectivity index (χ0n) is 8.37. The molecule has 1 fully saturated rings. The third-order valence-electron chi connectivity index (χ3n) is 3.09. The summed E-state index contributed by atoms with van der Waals surface area (Å²) in [5.74, 6) is 2.68. The Morgan fingerprint density at radius 3 is 2.71 bits per heavy atom. The summed E-state index contributed by atoms with van der Waals surface area (Å²) in [5.41, 5.74) is 0. The maximum atomic E-state index is 5.80. The molecule has 1 nitrogen and oxygen atoms in total. The van der Waals surface area contributed by atoms with Crippen LogP contribution in [0.5, 0.6) is 5.75 Å². The molecule has 2 heteroatoms. The second-order valence-corrected chi connectivity index (χ2v) is 5.22. The van der Waals surface area contributed by atoms with Gasteiger partial charge < -0.3 is 4.74 Å². The first-order valence-corrected chi connectivity index (χ1v) is 6.22. The van der Waals surface area contributed by atoms with Crippen LogP contribution in [0.25, 0.3) is 0 Å². The van der Waals surface area contributed by atoms with E-state index in [0.717, 1.165) is 24.2 Å². The first-order valence-electron chi connectivity index (χ1n) is 5.14. The van der Waals surface area contributed by atoms with Gasteiger partial charge >= 0.3 is 0 Å². The summed E-state index contributed by atoms with van der Waals surface area (Å²) in [7, 11) is 0. The molecular weight excluding hydrogens is 287 g/mol. The van der Waals surface area contributed by atoms with E-state index < -0.39 is 0 Å². The molecule has 1 saturated carbocycles. The van der Waals surface area contributed by atoms with Gasteiger partial charge in [-0.15, -0.1) is 0 Å². The lowest BCUT2D eigenvalue weighted by atomic mass is 9.75. The molecule has 1 aliphatic carbocycles. The van der Waals surface area contributed by atoms with Gasteiger partial charge in [0.15, 0.2) is 0 Å². The topological polar surface area (TPSA) is 9.23 Å². The minimum absolute atomic E-state index is 0.783. The van der Waals surface area contributed by atoms with Crippen LogP contribution in [0, 0.1) is 15.4 Å². The Balaban J connectivity index is 1.88. The van der Waals surface area contributed by atoms with Gasteiger partial charge in [-0.2, -0.15) is 0 Å². The van der Waals surface area contributed by atoms with Crippen molar-refractivity contribution >= 4 is 22.6 Å². The van der Waals surface area contributed by atoms with Gasteiger partial charge in [0.1, 0.15) is 5.75 Å². The van der Waals surface area contributed by atoms with Crippen LogP contribution in [-0.4, -0.2) is 6.61 Å². The highest BCUT2D eigenvalue weighted by molar-refractivity contribution is 14.1. The summed E-state index contributed by atoms with van der Waals surface area (Å²) >= 11 is 2.32. The zero-order valence-corrected chi connectivity index (χ0v) is 10.5. The van der Waals surface area contributed by atoms with Gasteiger partial charge in [-0.25, -0.2) is 0 Å². The van der Waals surface area contributed by atoms with Crippen LogP contribution in [0.3, 0.4) is 0 Å². The molecule has 1 aromatic rings. The molecule has 76 valence electrons. The van der Waals surface area contributed by atoms with E-state index >= 15 is 0 Å². The number of rotatable bonds is 3. The number of benzene rings is 1. The molecule has 0 amide bonds. The minimum Gasteiger partial charge on any atom is -0.492 e. The Hall–Kier alpha value is -0.250. The van der Waals surface area contributed by atoms with E-state index in [1.165, 1.54) is 16.4 Å². The summed E-state index contributed by atoms with van der Waals surface area (Å²) in [5, 5.41) is 0. The van der Waals surface area contributed by atoms with E-state index in [-0.39, 0.29) is 0 Å². The predicted octanol–water partition coefficient (Wildman–Crippen LogP) is 3.72. The number of para-hydroxylation sites is 1. The van der Waals surface area contributed by atoms with Crippen molar-refractivity contribution in [2.24, 2.45) is 11.8 Å². The molecule has 0 aliphatic heterocycles. The lowest BCUT2D eigenvalue weighted by Gasteiger charge is -2.33. The van der Waals surface area contributed by atoms with Crippen molar-refractivity contribution in [2.75, 3.05) is 6.61 Å². The van der Waals surface area contributed by atoms with Crippen LogP contribution in [0.1, 0.15) is 19.8 Å². The average molecular weight is 302 g/mol. The second-order valence-electron chi connectivity index (χ2n) is 4.06. The van der Waals surface area contributed by atoms with E-state index in [1.54, 1.807) is 0 Å². The molecule has 2 rings (SSSR count). The van der Waals surface area contributed by atoms with Crippen LogP contribution in [0.15, 0.2) is 24.3 Å². The Bertz CT molecular complexity index is 311. The fourth-order valence-electron chi connectivity index (χ4n) is 1.74. The van der Waals surface area contributed by atoms with E-state index in [1.807, 2.05) is 18.2 Å². The normalized spacial score (nSPS) is 25.6. The molecule has 0 radical (unpaired) electrons. The Kier molecular flexibility index (Phi) is 3.31. The van der Waals surface area contributed by atoms with Crippen molar-refractivity contribution < 1.29 is 4.74 Å². The quantitative estimate of drug-likeness (QED) is 0.773. The first kappa shape index (κ1) is 10.3. The molecule has 1 aliphatic rings. The lowest BCUT2D eigenvalue weighted by Crippen LogP contribution is -2.28. The molecular formula is C12H15IO. The summed E-state index contributed by atoms with van der Waals surface area (Å²) < 4.78 is 7.01. The van der Waals surface area contributed by atoms with E-state index in [0.29, 0.717) is 0 Å². The van der Waals surface area contributed by atoms with Gasteiger partial charge in [-0.3, -0.25) is 0 Å². The van der Waals surface area contributed by atoms with Crippen molar-refractivity contribution in [3.8, 4) is 5.75 Å². The maximum Gasteiger partial charge on any atom is 0.132 e. The van der Waals surface area contributed by atoms with Gasteiger partial charge in [0.2, 0.25) is 0 Å². The maximum absolute atomic E-state index is 5.80. The molecule has 14 heavy (non-hydrogen) atoms. The molecule has 1 aromatic carbocycles. The van der Waals surface area contributed by atoms with Crippen molar-refractivity contribution in [3.05, 3.63) is 27.8 Å². The highest BCUT2D eigenvalue weighted by Crippen LogP contribution is 2.34. The fourth-order valence-corrected chi connectivity index (χ4v) is 2.29. The highest BCUT2D eigenvalue weighted by Gasteiger charge is 2.27. The Morgan fingerprint density at radius 2 is 2.14 bits per heavy atom. The van der Waals surface area contributed by atoms with E-state index in [9.17, 15) is 0 Å².